The van der Waals surface area contributed by atoms with Crippen molar-refractivity contribution in [2.45, 2.75) is 12.8 Å². The molecule has 1 atom stereocenters. The number of para-hydroxylation sites is 2. The summed E-state index contributed by atoms with van der Waals surface area (Å²) >= 11 is 0. The number of phenolic OH excluding ortho intramolecular Hbond substituents is 1. The lowest BCUT2D eigenvalue weighted by molar-refractivity contribution is 0.466. The van der Waals surface area contributed by atoms with E-state index in [0.717, 1.165) is 5.56 Å². The Hall–Kier alpha value is -2.22. The second kappa shape index (κ2) is 4.47. The van der Waals surface area contributed by atoms with E-state index < -0.39 is 0 Å². The molecule has 96 valence electrons. The summed E-state index contributed by atoms with van der Waals surface area (Å²) in [6.45, 7) is 2.14. The average molecular weight is 251 g/mol. The maximum absolute atomic E-state index is 10.0. The van der Waals surface area contributed by atoms with Crippen molar-refractivity contribution in [3.05, 3.63) is 65.9 Å². The average Bonchev–Trinajstić information content (AvgIpc) is 2.77. The first-order chi connectivity index (χ1) is 9.18. The van der Waals surface area contributed by atoms with E-state index in [1.165, 1.54) is 16.5 Å². The van der Waals surface area contributed by atoms with Crippen LogP contribution in [0, 0.1) is 0 Å². The first kappa shape index (κ1) is 11.8. The number of rotatable bonds is 2. The van der Waals surface area contributed by atoms with Gasteiger partial charge in [-0.2, -0.15) is 0 Å². The molecule has 1 unspecified atom stereocenters. The van der Waals surface area contributed by atoms with E-state index >= 15 is 0 Å². The molecule has 2 nitrogen and oxygen atoms in total. The third-order valence-electron chi connectivity index (χ3n) is 3.80. The maximum Gasteiger partial charge on any atom is 0.119 e. The Balaban J connectivity index is 2.17. The molecule has 19 heavy (non-hydrogen) atoms. The minimum Gasteiger partial charge on any atom is -0.508 e. The number of aromatic hydroxyl groups is 1. The lowest BCUT2D eigenvalue weighted by atomic mass is 9.92. The van der Waals surface area contributed by atoms with Crippen LogP contribution in [-0.2, 0) is 7.05 Å². The largest absolute Gasteiger partial charge is 0.508 e. The van der Waals surface area contributed by atoms with Crippen molar-refractivity contribution < 1.29 is 5.11 Å². The summed E-state index contributed by atoms with van der Waals surface area (Å²) in [6, 6.07) is 15.9. The number of phenols is 1. The summed E-state index contributed by atoms with van der Waals surface area (Å²) in [5.41, 5.74) is 3.44. The van der Waals surface area contributed by atoms with Gasteiger partial charge in [0.05, 0.1) is 0 Å². The summed E-state index contributed by atoms with van der Waals surface area (Å²) < 4.78 is 2.14. The highest BCUT2D eigenvalue weighted by Crippen LogP contribution is 2.35. The Labute approximate surface area is 112 Å². The molecular formula is C17H17NO. The van der Waals surface area contributed by atoms with Crippen molar-refractivity contribution in [1.29, 1.82) is 0 Å². The Bertz CT molecular complexity index is 727. The normalized spacial score (nSPS) is 12.7. The van der Waals surface area contributed by atoms with Gasteiger partial charge in [0.25, 0.3) is 0 Å². The second-order valence-corrected chi connectivity index (χ2v) is 4.99. The molecule has 0 aliphatic rings. The van der Waals surface area contributed by atoms with E-state index in [1.54, 1.807) is 6.07 Å². The number of hydrogen-bond acceptors (Lipinski definition) is 1. The lowest BCUT2D eigenvalue weighted by Gasteiger charge is -2.12. The number of benzene rings is 2. The minimum atomic E-state index is 0.173. The van der Waals surface area contributed by atoms with Gasteiger partial charge in [-0.1, -0.05) is 43.3 Å². The fraction of sp³-hybridized carbons (Fsp3) is 0.176. The van der Waals surface area contributed by atoms with Crippen molar-refractivity contribution in [3.8, 4) is 5.75 Å². The molecule has 0 amide bonds. The molecule has 0 aliphatic carbocycles. The third-order valence-corrected chi connectivity index (χ3v) is 3.80. The van der Waals surface area contributed by atoms with Crippen LogP contribution in [0.15, 0.2) is 54.7 Å². The van der Waals surface area contributed by atoms with Crippen molar-refractivity contribution in [2.24, 2.45) is 7.05 Å². The fourth-order valence-electron chi connectivity index (χ4n) is 2.74. The maximum atomic E-state index is 10.0. The Kier molecular flexibility index (Phi) is 2.79. The molecule has 1 aromatic heterocycles. The van der Waals surface area contributed by atoms with Crippen LogP contribution in [0.25, 0.3) is 10.9 Å². The first-order valence-electron chi connectivity index (χ1n) is 6.50. The van der Waals surface area contributed by atoms with Crippen LogP contribution in [0.1, 0.15) is 24.0 Å². The van der Waals surface area contributed by atoms with Crippen LogP contribution < -0.4 is 0 Å². The first-order valence-corrected chi connectivity index (χ1v) is 6.50. The Morgan fingerprint density at radius 2 is 1.63 bits per heavy atom. The van der Waals surface area contributed by atoms with Gasteiger partial charge in [0.1, 0.15) is 5.75 Å². The monoisotopic (exact) mass is 251 g/mol. The standard InChI is InChI=1S/C17H17NO/c1-12(13-7-4-6-10-17(13)19)15-11-18(2)16-9-5-3-8-14(15)16/h3-12,19H,1-2H3. The van der Waals surface area contributed by atoms with E-state index in [4.69, 9.17) is 0 Å². The predicted molar refractivity (Wildman–Crippen MR) is 78.5 cm³/mol. The quantitative estimate of drug-likeness (QED) is 0.730. The van der Waals surface area contributed by atoms with Gasteiger partial charge in [-0.3, -0.25) is 0 Å². The van der Waals surface area contributed by atoms with Crippen LogP contribution >= 0.6 is 0 Å². The van der Waals surface area contributed by atoms with Gasteiger partial charge in [0.2, 0.25) is 0 Å². The van der Waals surface area contributed by atoms with E-state index in [-0.39, 0.29) is 5.92 Å². The molecule has 1 heterocycles. The van der Waals surface area contributed by atoms with Crippen LogP contribution in [0.2, 0.25) is 0 Å². The van der Waals surface area contributed by atoms with Gasteiger partial charge in [0.15, 0.2) is 0 Å². The van der Waals surface area contributed by atoms with E-state index in [2.05, 4.69) is 49.0 Å². The fourth-order valence-corrected chi connectivity index (χ4v) is 2.74. The number of hydrogen-bond donors (Lipinski definition) is 1. The number of aromatic nitrogens is 1. The van der Waals surface area contributed by atoms with Gasteiger partial charge >= 0.3 is 0 Å². The topological polar surface area (TPSA) is 25.2 Å². The summed E-state index contributed by atoms with van der Waals surface area (Å²) in [6.07, 6.45) is 2.15. The lowest BCUT2D eigenvalue weighted by Crippen LogP contribution is -1.95. The molecule has 0 spiro atoms. The van der Waals surface area contributed by atoms with Crippen molar-refractivity contribution in [1.82, 2.24) is 4.57 Å². The van der Waals surface area contributed by atoms with Crippen LogP contribution in [0.5, 0.6) is 5.75 Å². The molecule has 0 bridgehead atoms. The molecular weight excluding hydrogens is 234 g/mol. The highest BCUT2D eigenvalue weighted by molar-refractivity contribution is 5.85. The number of aryl methyl sites for hydroxylation is 1. The highest BCUT2D eigenvalue weighted by atomic mass is 16.3. The molecule has 0 saturated carbocycles. The van der Waals surface area contributed by atoms with E-state index in [1.807, 2.05) is 18.2 Å². The molecule has 2 heteroatoms. The molecule has 0 saturated heterocycles. The van der Waals surface area contributed by atoms with Gasteiger partial charge in [-0.05, 0) is 17.7 Å². The number of fused-ring (bicyclic) bond motifs is 1. The van der Waals surface area contributed by atoms with Crippen molar-refractivity contribution in [2.75, 3.05) is 0 Å². The molecule has 2 aromatic carbocycles. The third kappa shape index (κ3) is 1.89. The van der Waals surface area contributed by atoms with E-state index in [0.29, 0.717) is 5.75 Å². The Morgan fingerprint density at radius 3 is 2.42 bits per heavy atom. The van der Waals surface area contributed by atoms with Crippen LogP contribution in [0.3, 0.4) is 0 Å². The zero-order valence-corrected chi connectivity index (χ0v) is 11.2. The van der Waals surface area contributed by atoms with Gasteiger partial charge in [-0.25, -0.2) is 0 Å². The second-order valence-electron chi connectivity index (χ2n) is 4.99. The molecule has 0 aliphatic heterocycles. The van der Waals surface area contributed by atoms with Crippen LogP contribution in [0.4, 0.5) is 0 Å². The molecule has 3 rings (SSSR count). The predicted octanol–water partition coefficient (Wildman–Crippen LogP) is 4.04. The smallest absolute Gasteiger partial charge is 0.119 e. The van der Waals surface area contributed by atoms with Gasteiger partial charge < -0.3 is 9.67 Å². The zero-order chi connectivity index (χ0) is 13.4. The highest BCUT2D eigenvalue weighted by Gasteiger charge is 2.16. The Morgan fingerprint density at radius 1 is 0.947 bits per heavy atom. The van der Waals surface area contributed by atoms with E-state index in [9.17, 15) is 5.11 Å². The zero-order valence-electron chi connectivity index (χ0n) is 11.2. The number of nitrogens with zero attached hydrogens (tertiary/aromatic N) is 1. The summed E-state index contributed by atoms with van der Waals surface area (Å²) in [4.78, 5) is 0. The van der Waals surface area contributed by atoms with Crippen LogP contribution in [-0.4, -0.2) is 9.67 Å². The molecule has 0 radical (unpaired) electrons. The SMILES string of the molecule is CC(c1ccccc1O)c1cn(C)c2ccccc12. The van der Waals surface area contributed by atoms with Gasteiger partial charge in [0, 0.05) is 35.6 Å². The van der Waals surface area contributed by atoms with Crippen molar-refractivity contribution in [3.63, 3.8) is 0 Å². The van der Waals surface area contributed by atoms with Gasteiger partial charge in [-0.15, -0.1) is 0 Å². The summed E-state index contributed by atoms with van der Waals surface area (Å²) in [7, 11) is 2.06. The molecule has 3 aromatic rings. The minimum absolute atomic E-state index is 0.173. The summed E-state index contributed by atoms with van der Waals surface area (Å²) in [5.74, 6) is 0.537. The van der Waals surface area contributed by atoms with Crippen molar-refractivity contribution >= 4 is 10.9 Å². The summed E-state index contributed by atoms with van der Waals surface area (Å²) in [5, 5.41) is 11.3. The molecule has 0 fully saturated rings. The molecule has 1 N–H and O–H groups in total.